The van der Waals surface area contributed by atoms with Crippen molar-refractivity contribution in [2.24, 2.45) is 0 Å². The molecule has 0 radical (unpaired) electrons. The Bertz CT molecular complexity index is 1040. The molecule has 1 N–H and O–H groups in total. The standard InChI is InChI=1S/C21H26FN3O5S/c1-15(21(27)23-2)24(13-16-7-5-10-19(11-16)30-3)20(26)14-25(31(4,28)29)18-9-6-8-17(22)12-18/h5-12,15H,13-14H2,1-4H3,(H,23,27)/t15-/m1/s1. The molecule has 10 heteroatoms. The van der Waals surface area contributed by atoms with E-state index in [-0.39, 0.29) is 12.2 Å². The average molecular weight is 452 g/mol. The second-order valence-corrected chi connectivity index (χ2v) is 8.82. The first-order valence-corrected chi connectivity index (χ1v) is 11.3. The van der Waals surface area contributed by atoms with E-state index in [1.54, 1.807) is 31.2 Å². The summed E-state index contributed by atoms with van der Waals surface area (Å²) >= 11 is 0. The highest BCUT2D eigenvalue weighted by Gasteiger charge is 2.29. The topological polar surface area (TPSA) is 96.0 Å². The van der Waals surface area contributed by atoms with Crippen LogP contribution in [-0.4, -0.2) is 58.1 Å². The number of ether oxygens (including phenoxy) is 1. The number of anilines is 1. The normalized spacial score (nSPS) is 12.0. The molecule has 168 valence electrons. The lowest BCUT2D eigenvalue weighted by molar-refractivity contribution is -0.139. The molecule has 0 aliphatic heterocycles. The molecule has 0 heterocycles. The van der Waals surface area contributed by atoms with E-state index in [2.05, 4.69) is 5.32 Å². The van der Waals surface area contributed by atoms with Crippen LogP contribution in [0, 0.1) is 5.82 Å². The fraction of sp³-hybridized carbons (Fsp3) is 0.333. The highest BCUT2D eigenvalue weighted by molar-refractivity contribution is 7.92. The van der Waals surface area contributed by atoms with Gasteiger partial charge in [-0.3, -0.25) is 13.9 Å². The maximum atomic E-state index is 13.7. The van der Waals surface area contributed by atoms with Gasteiger partial charge in [0.15, 0.2) is 0 Å². The van der Waals surface area contributed by atoms with Gasteiger partial charge in [-0.25, -0.2) is 12.8 Å². The van der Waals surface area contributed by atoms with Crippen LogP contribution in [0.1, 0.15) is 12.5 Å². The molecule has 0 saturated carbocycles. The van der Waals surface area contributed by atoms with Gasteiger partial charge in [0, 0.05) is 13.6 Å². The van der Waals surface area contributed by atoms with Gasteiger partial charge in [-0.1, -0.05) is 18.2 Å². The number of nitrogens with zero attached hydrogens (tertiary/aromatic N) is 2. The first-order chi connectivity index (χ1) is 14.6. The zero-order valence-corrected chi connectivity index (χ0v) is 18.6. The number of halogens is 1. The van der Waals surface area contributed by atoms with Crippen LogP contribution in [0.25, 0.3) is 0 Å². The zero-order valence-electron chi connectivity index (χ0n) is 17.8. The van der Waals surface area contributed by atoms with Crippen LogP contribution in [0.2, 0.25) is 0 Å². The predicted molar refractivity (Wildman–Crippen MR) is 116 cm³/mol. The van der Waals surface area contributed by atoms with Crippen LogP contribution < -0.4 is 14.4 Å². The van der Waals surface area contributed by atoms with E-state index in [0.29, 0.717) is 11.3 Å². The average Bonchev–Trinajstić information content (AvgIpc) is 2.73. The highest BCUT2D eigenvalue weighted by Crippen LogP contribution is 2.21. The summed E-state index contributed by atoms with van der Waals surface area (Å²) in [4.78, 5) is 26.7. The van der Waals surface area contributed by atoms with Crippen LogP contribution in [-0.2, 0) is 26.2 Å². The van der Waals surface area contributed by atoms with Crippen molar-refractivity contribution in [1.29, 1.82) is 0 Å². The number of hydrogen-bond acceptors (Lipinski definition) is 5. The summed E-state index contributed by atoms with van der Waals surface area (Å²) in [7, 11) is -0.941. The fourth-order valence-electron chi connectivity index (χ4n) is 3.00. The molecule has 2 amide bonds. The first kappa shape index (κ1) is 24.1. The largest absolute Gasteiger partial charge is 0.497 e. The van der Waals surface area contributed by atoms with Crippen molar-refractivity contribution in [2.75, 3.05) is 31.3 Å². The summed E-state index contributed by atoms with van der Waals surface area (Å²) in [5, 5.41) is 2.49. The van der Waals surface area contributed by atoms with Crippen LogP contribution >= 0.6 is 0 Å². The lowest BCUT2D eigenvalue weighted by Gasteiger charge is -2.31. The minimum atomic E-state index is -3.90. The van der Waals surface area contributed by atoms with Gasteiger partial charge < -0.3 is 15.0 Å². The summed E-state index contributed by atoms with van der Waals surface area (Å²) in [6.07, 6.45) is 0.930. The summed E-state index contributed by atoms with van der Waals surface area (Å²) in [5.41, 5.74) is 0.713. The van der Waals surface area contributed by atoms with Crippen LogP contribution in [0.15, 0.2) is 48.5 Å². The molecule has 0 bridgehead atoms. The fourth-order valence-corrected chi connectivity index (χ4v) is 3.85. The van der Waals surface area contributed by atoms with Crippen LogP contribution in [0.4, 0.5) is 10.1 Å². The number of carbonyl (C=O) groups is 2. The van der Waals surface area contributed by atoms with Crippen molar-refractivity contribution in [2.45, 2.75) is 19.5 Å². The maximum absolute atomic E-state index is 13.7. The third-order valence-electron chi connectivity index (χ3n) is 4.68. The molecular formula is C21H26FN3O5S. The second-order valence-electron chi connectivity index (χ2n) is 6.91. The van der Waals surface area contributed by atoms with Gasteiger partial charge in [0.25, 0.3) is 0 Å². The minimum Gasteiger partial charge on any atom is -0.497 e. The molecule has 8 nitrogen and oxygen atoms in total. The summed E-state index contributed by atoms with van der Waals surface area (Å²) < 4.78 is 44.4. The Balaban J connectivity index is 2.39. The monoisotopic (exact) mass is 451 g/mol. The summed E-state index contributed by atoms with van der Waals surface area (Å²) in [5.74, 6) is -1.08. The van der Waals surface area contributed by atoms with E-state index in [4.69, 9.17) is 4.74 Å². The van der Waals surface area contributed by atoms with E-state index < -0.39 is 40.2 Å². The Morgan fingerprint density at radius 1 is 1.16 bits per heavy atom. The molecular weight excluding hydrogens is 425 g/mol. The van der Waals surface area contributed by atoms with Crippen molar-refractivity contribution < 1.29 is 27.1 Å². The highest BCUT2D eigenvalue weighted by atomic mass is 32.2. The van der Waals surface area contributed by atoms with Crippen LogP contribution in [0.3, 0.4) is 0 Å². The van der Waals surface area contributed by atoms with Gasteiger partial charge in [0.1, 0.15) is 24.2 Å². The van der Waals surface area contributed by atoms with Gasteiger partial charge in [-0.05, 0) is 42.8 Å². The van der Waals surface area contributed by atoms with Gasteiger partial charge >= 0.3 is 0 Å². The summed E-state index contributed by atoms with van der Waals surface area (Å²) in [6.45, 7) is 1.00. The van der Waals surface area contributed by atoms with E-state index >= 15 is 0 Å². The number of likely N-dealkylation sites (N-methyl/N-ethyl adjacent to an activating group) is 1. The smallest absolute Gasteiger partial charge is 0.244 e. The number of carbonyl (C=O) groups excluding carboxylic acids is 2. The first-order valence-electron chi connectivity index (χ1n) is 9.44. The third kappa shape index (κ3) is 6.42. The number of hydrogen-bond donors (Lipinski definition) is 1. The molecule has 0 aliphatic rings. The molecule has 0 aliphatic carbocycles. The van der Waals surface area contributed by atoms with Crippen molar-refractivity contribution >= 4 is 27.5 Å². The minimum absolute atomic E-state index is 0.0183. The lowest BCUT2D eigenvalue weighted by Crippen LogP contribution is -2.50. The van der Waals surface area contributed by atoms with Crippen molar-refractivity contribution in [3.63, 3.8) is 0 Å². The maximum Gasteiger partial charge on any atom is 0.244 e. The Morgan fingerprint density at radius 2 is 1.84 bits per heavy atom. The third-order valence-corrected chi connectivity index (χ3v) is 5.82. The Labute approximate surface area is 181 Å². The van der Waals surface area contributed by atoms with E-state index in [0.717, 1.165) is 16.6 Å². The van der Waals surface area contributed by atoms with Gasteiger partial charge in [0.2, 0.25) is 21.8 Å². The molecule has 2 rings (SSSR count). The predicted octanol–water partition coefficient (Wildman–Crippen LogP) is 1.76. The molecule has 2 aromatic rings. The number of nitrogens with one attached hydrogen (secondary N) is 1. The second kappa shape index (κ2) is 10.3. The molecule has 2 aromatic carbocycles. The number of methoxy groups -OCH3 is 1. The Kier molecular flexibility index (Phi) is 7.98. The summed E-state index contributed by atoms with van der Waals surface area (Å²) in [6, 6.07) is 11.1. The number of rotatable bonds is 9. The number of amides is 2. The van der Waals surface area contributed by atoms with Crippen molar-refractivity contribution in [1.82, 2.24) is 10.2 Å². The van der Waals surface area contributed by atoms with Crippen LogP contribution in [0.5, 0.6) is 5.75 Å². The zero-order chi connectivity index (χ0) is 23.2. The molecule has 0 saturated heterocycles. The van der Waals surface area contributed by atoms with E-state index in [1.165, 1.54) is 37.3 Å². The van der Waals surface area contributed by atoms with Gasteiger partial charge in [-0.2, -0.15) is 0 Å². The number of sulfonamides is 1. The van der Waals surface area contributed by atoms with Gasteiger partial charge in [-0.15, -0.1) is 0 Å². The molecule has 0 aromatic heterocycles. The lowest BCUT2D eigenvalue weighted by atomic mass is 10.1. The quantitative estimate of drug-likeness (QED) is 0.627. The van der Waals surface area contributed by atoms with Gasteiger partial charge in [0.05, 0.1) is 19.1 Å². The Hall–Kier alpha value is -3.14. The van der Waals surface area contributed by atoms with Crippen molar-refractivity contribution in [3.05, 3.63) is 59.9 Å². The van der Waals surface area contributed by atoms with Crippen molar-refractivity contribution in [3.8, 4) is 5.75 Å². The molecule has 0 fully saturated rings. The van der Waals surface area contributed by atoms with E-state index in [1.807, 2.05) is 0 Å². The molecule has 0 unspecified atom stereocenters. The molecule has 31 heavy (non-hydrogen) atoms. The number of benzene rings is 2. The molecule has 1 atom stereocenters. The van der Waals surface area contributed by atoms with E-state index in [9.17, 15) is 22.4 Å². The molecule has 0 spiro atoms. The Morgan fingerprint density at radius 3 is 2.42 bits per heavy atom. The SMILES string of the molecule is CNC(=O)[C@@H](C)N(Cc1cccc(OC)c1)C(=O)CN(c1cccc(F)c1)S(C)(=O)=O.